The first kappa shape index (κ1) is 15.2. The number of nitrogens with zero attached hydrogens (tertiary/aromatic N) is 4. The van der Waals surface area contributed by atoms with Crippen molar-refractivity contribution in [3.05, 3.63) is 60.3 Å². The van der Waals surface area contributed by atoms with Gasteiger partial charge < -0.3 is 4.74 Å². The molecule has 0 aliphatic carbocycles. The van der Waals surface area contributed by atoms with Gasteiger partial charge in [0.1, 0.15) is 5.82 Å². The van der Waals surface area contributed by atoms with Crippen molar-refractivity contribution >= 4 is 10.9 Å². The molecule has 2 aromatic heterocycles. The maximum Gasteiger partial charge on any atom is 0.132 e. The van der Waals surface area contributed by atoms with E-state index in [2.05, 4.69) is 15.0 Å². The average Bonchev–Trinajstić information content (AvgIpc) is 3.11. The number of hydrogen-bond acceptors (Lipinski definition) is 4. The fourth-order valence-corrected chi connectivity index (χ4v) is 3.22. The number of fused-ring (bicyclic) bond motifs is 1. The zero-order valence-electron chi connectivity index (χ0n) is 13.3. The van der Waals surface area contributed by atoms with Crippen molar-refractivity contribution in [3.8, 4) is 0 Å². The van der Waals surface area contributed by atoms with Crippen LogP contribution in [0.2, 0.25) is 0 Å². The molecule has 0 radical (unpaired) electrons. The van der Waals surface area contributed by atoms with Crippen molar-refractivity contribution in [2.24, 2.45) is 0 Å². The minimum absolute atomic E-state index is 0.110. The second-order valence-corrected chi connectivity index (χ2v) is 6.06. The Morgan fingerprint density at radius 2 is 2.17 bits per heavy atom. The standard InChI is InChI=1S/C18H19FN4O/c19-17-5-4-14(18-16(17)3-1-6-20-18)11-22-9-10-24-15(12-22)13-23-8-2-7-21-23/h1-8,15H,9-13H2/t15-/m0/s1. The van der Waals surface area contributed by atoms with Crippen LogP contribution in [0.5, 0.6) is 0 Å². The smallest absolute Gasteiger partial charge is 0.132 e. The minimum atomic E-state index is -0.222. The fourth-order valence-electron chi connectivity index (χ4n) is 3.22. The van der Waals surface area contributed by atoms with Crippen LogP contribution in [0.3, 0.4) is 0 Å². The summed E-state index contributed by atoms with van der Waals surface area (Å²) in [6.45, 7) is 3.87. The number of benzene rings is 1. The third kappa shape index (κ3) is 3.16. The van der Waals surface area contributed by atoms with Crippen LogP contribution in [0.4, 0.5) is 4.39 Å². The Balaban J connectivity index is 1.50. The number of pyridine rings is 1. The summed E-state index contributed by atoms with van der Waals surface area (Å²) >= 11 is 0. The van der Waals surface area contributed by atoms with Gasteiger partial charge in [-0.15, -0.1) is 0 Å². The molecule has 24 heavy (non-hydrogen) atoms. The van der Waals surface area contributed by atoms with Crippen LogP contribution in [-0.4, -0.2) is 45.5 Å². The molecule has 3 aromatic rings. The number of rotatable bonds is 4. The lowest BCUT2D eigenvalue weighted by atomic mass is 10.1. The lowest BCUT2D eigenvalue weighted by Gasteiger charge is -2.33. The molecule has 5 nitrogen and oxygen atoms in total. The third-order valence-corrected chi connectivity index (χ3v) is 4.37. The van der Waals surface area contributed by atoms with E-state index in [0.717, 1.165) is 37.3 Å². The molecule has 0 N–H and O–H groups in total. The van der Waals surface area contributed by atoms with Gasteiger partial charge in [-0.05, 0) is 29.8 Å². The number of morpholine rings is 1. The van der Waals surface area contributed by atoms with Gasteiger partial charge in [-0.1, -0.05) is 6.07 Å². The van der Waals surface area contributed by atoms with Gasteiger partial charge in [0.2, 0.25) is 0 Å². The number of ether oxygens (including phenoxy) is 1. The molecule has 1 aliphatic heterocycles. The molecule has 3 heterocycles. The quantitative estimate of drug-likeness (QED) is 0.739. The number of halogens is 1. The molecule has 1 fully saturated rings. The van der Waals surface area contributed by atoms with E-state index < -0.39 is 0 Å². The Bertz CT molecular complexity index is 821. The minimum Gasteiger partial charge on any atom is -0.374 e. The Labute approximate surface area is 139 Å². The summed E-state index contributed by atoms with van der Waals surface area (Å²) in [6, 6.07) is 8.83. The van der Waals surface area contributed by atoms with Crippen LogP contribution in [0.15, 0.2) is 48.9 Å². The molecule has 1 atom stereocenters. The van der Waals surface area contributed by atoms with Crippen LogP contribution in [0.25, 0.3) is 10.9 Å². The molecule has 1 saturated heterocycles. The van der Waals surface area contributed by atoms with Gasteiger partial charge in [0.15, 0.2) is 0 Å². The molecule has 0 saturated carbocycles. The van der Waals surface area contributed by atoms with Crippen molar-refractivity contribution < 1.29 is 9.13 Å². The van der Waals surface area contributed by atoms with Gasteiger partial charge in [-0.2, -0.15) is 5.10 Å². The molecule has 0 bridgehead atoms. The van der Waals surface area contributed by atoms with Gasteiger partial charge in [0.25, 0.3) is 0 Å². The van der Waals surface area contributed by atoms with Gasteiger partial charge in [-0.25, -0.2) is 4.39 Å². The van der Waals surface area contributed by atoms with E-state index in [9.17, 15) is 4.39 Å². The largest absolute Gasteiger partial charge is 0.374 e. The van der Waals surface area contributed by atoms with Crippen LogP contribution < -0.4 is 0 Å². The Morgan fingerprint density at radius 3 is 3.04 bits per heavy atom. The Hall–Kier alpha value is -2.31. The maximum absolute atomic E-state index is 13.9. The SMILES string of the molecule is Fc1ccc(CN2CCO[C@H](Cn3cccn3)C2)c2ncccc12. The molecule has 0 amide bonds. The van der Waals surface area contributed by atoms with Gasteiger partial charge in [0.05, 0.1) is 24.8 Å². The molecule has 0 spiro atoms. The molecule has 124 valence electrons. The molecule has 4 rings (SSSR count). The summed E-state index contributed by atoms with van der Waals surface area (Å²) < 4.78 is 21.7. The molecule has 1 aliphatic rings. The highest BCUT2D eigenvalue weighted by atomic mass is 19.1. The topological polar surface area (TPSA) is 43.2 Å². The predicted molar refractivity (Wildman–Crippen MR) is 88.9 cm³/mol. The van der Waals surface area contributed by atoms with E-state index in [4.69, 9.17) is 4.74 Å². The highest BCUT2D eigenvalue weighted by Gasteiger charge is 2.22. The summed E-state index contributed by atoms with van der Waals surface area (Å²) in [5.41, 5.74) is 1.79. The predicted octanol–water partition coefficient (Wildman–Crippen LogP) is 2.47. The summed E-state index contributed by atoms with van der Waals surface area (Å²) in [5.74, 6) is -0.222. The summed E-state index contributed by atoms with van der Waals surface area (Å²) in [4.78, 5) is 6.71. The molecule has 1 aromatic carbocycles. The van der Waals surface area contributed by atoms with Gasteiger partial charge in [0, 0.05) is 43.6 Å². The third-order valence-electron chi connectivity index (χ3n) is 4.37. The van der Waals surface area contributed by atoms with E-state index in [0.29, 0.717) is 12.0 Å². The van der Waals surface area contributed by atoms with Crippen molar-refractivity contribution in [1.82, 2.24) is 19.7 Å². The lowest BCUT2D eigenvalue weighted by molar-refractivity contribution is -0.0401. The lowest BCUT2D eigenvalue weighted by Crippen LogP contribution is -2.43. The first-order chi connectivity index (χ1) is 11.8. The van der Waals surface area contributed by atoms with E-state index in [-0.39, 0.29) is 11.9 Å². The molecular weight excluding hydrogens is 307 g/mol. The number of hydrogen-bond donors (Lipinski definition) is 0. The maximum atomic E-state index is 13.9. The zero-order chi connectivity index (χ0) is 16.4. The van der Waals surface area contributed by atoms with Crippen LogP contribution >= 0.6 is 0 Å². The monoisotopic (exact) mass is 326 g/mol. The van der Waals surface area contributed by atoms with Crippen molar-refractivity contribution in [3.63, 3.8) is 0 Å². The van der Waals surface area contributed by atoms with Gasteiger partial charge in [-0.3, -0.25) is 14.6 Å². The first-order valence-corrected chi connectivity index (χ1v) is 8.13. The van der Waals surface area contributed by atoms with Gasteiger partial charge >= 0.3 is 0 Å². The van der Waals surface area contributed by atoms with Crippen LogP contribution in [0.1, 0.15) is 5.56 Å². The van der Waals surface area contributed by atoms with Crippen molar-refractivity contribution in [2.45, 2.75) is 19.2 Å². The second-order valence-electron chi connectivity index (χ2n) is 6.06. The summed E-state index contributed by atoms with van der Waals surface area (Å²) in [5, 5.41) is 4.82. The van der Waals surface area contributed by atoms with E-state index in [1.807, 2.05) is 23.0 Å². The highest BCUT2D eigenvalue weighted by molar-refractivity contribution is 5.82. The van der Waals surface area contributed by atoms with Crippen LogP contribution in [0, 0.1) is 5.82 Å². The van der Waals surface area contributed by atoms with Crippen molar-refractivity contribution in [1.29, 1.82) is 0 Å². The second kappa shape index (κ2) is 6.67. The highest BCUT2D eigenvalue weighted by Crippen LogP contribution is 2.22. The van der Waals surface area contributed by atoms with Crippen LogP contribution in [-0.2, 0) is 17.8 Å². The fraction of sp³-hybridized carbons (Fsp3) is 0.333. The van der Waals surface area contributed by atoms with E-state index >= 15 is 0 Å². The Kier molecular flexibility index (Phi) is 4.23. The normalized spacial score (nSPS) is 19.0. The van der Waals surface area contributed by atoms with E-state index in [1.54, 1.807) is 24.5 Å². The summed E-state index contributed by atoms with van der Waals surface area (Å²) in [6.07, 6.45) is 5.54. The molecule has 0 unspecified atom stereocenters. The van der Waals surface area contributed by atoms with E-state index in [1.165, 1.54) is 6.07 Å². The average molecular weight is 326 g/mol. The molecule has 6 heteroatoms. The first-order valence-electron chi connectivity index (χ1n) is 8.13. The number of aromatic nitrogens is 3. The zero-order valence-corrected chi connectivity index (χ0v) is 13.3. The molecular formula is C18H19FN4O. The Morgan fingerprint density at radius 1 is 1.21 bits per heavy atom. The summed E-state index contributed by atoms with van der Waals surface area (Å²) in [7, 11) is 0. The van der Waals surface area contributed by atoms with Crippen molar-refractivity contribution in [2.75, 3.05) is 19.7 Å².